The van der Waals surface area contributed by atoms with Crippen molar-refractivity contribution in [2.45, 2.75) is 66.2 Å². The van der Waals surface area contributed by atoms with Gasteiger partial charge in [0.2, 0.25) is 0 Å². The molecule has 4 rings (SSSR count). The first kappa shape index (κ1) is 25.5. The van der Waals surface area contributed by atoms with Crippen molar-refractivity contribution in [3.8, 4) is 11.5 Å². The van der Waals surface area contributed by atoms with Gasteiger partial charge in [-0.25, -0.2) is 4.79 Å². The summed E-state index contributed by atoms with van der Waals surface area (Å²) in [5, 5.41) is 9.06. The average molecular weight is 547 g/mol. The molecule has 0 saturated heterocycles. The Bertz CT molecular complexity index is 1120. The number of carbonyl (C=O) groups excluding carboxylic acids is 2. The highest BCUT2D eigenvalue weighted by Gasteiger charge is 2.48. The number of rotatable bonds is 6. The highest BCUT2D eigenvalue weighted by atomic mass is 79.9. The molecule has 0 aromatic heterocycles. The highest BCUT2D eigenvalue weighted by molar-refractivity contribution is 9.10. The fourth-order valence-electron chi connectivity index (χ4n) is 5.30. The van der Waals surface area contributed by atoms with Gasteiger partial charge in [0.05, 0.1) is 11.1 Å². The van der Waals surface area contributed by atoms with Gasteiger partial charge in [0.15, 0.2) is 29.7 Å². The molecule has 188 valence electrons. The Balaban J connectivity index is 1.90. The van der Waals surface area contributed by atoms with Crippen molar-refractivity contribution < 1.29 is 33.7 Å². The molecule has 0 fully saturated rings. The molecule has 8 heteroatoms. The number of carbonyl (C=O) groups is 3. The quantitative estimate of drug-likeness (QED) is 0.487. The van der Waals surface area contributed by atoms with Crippen LogP contribution < -0.4 is 9.47 Å². The van der Waals surface area contributed by atoms with Crippen LogP contribution in [0.4, 0.5) is 0 Å². The first-order chi connectivity index (χ1) is 16.3. The highest BCUT2D eigenvalue weighted by Crippen LogP contribution is 2.54. The number of hydrogen-bond donors (Lipinski definition) is 1. The third-order valence-electron chi connectivity index (χ3n) is 6.59. The van der Waals surface area contributed by atoms with Crippen LogP contribution in [0.25, 0.3) is 0 Å². The Kier molecular flexibility index (Phi) is 6.64. The molecular weight excluding hydrogens is 516 g/mol. The molecule has 3 aliphatic rings. The predicted molar refractivity (Wildman–Crippen MR) is 132 cm³/mol. The van der Waals surface area contributed by atoms with Crippen LogP contribution in [0.15, 0.2) is 39.3 Å². The summed E-state index contributed by atoms with van der Waals surface area (Å²) < 4.78 is 18.1. The van der Waals surface area contributed by atoms with E-state index in [2.05, 4.69) is 15.9 Å². The van der Waals surface area contributed by atoms with Gasteiger partial charge in [-0.3, -0.25) is 9.59 Å². The van der Waals surface area contributed by atoms with E-state index in [1.807, 2.05) is 34.6 Å². The van der Waals surface area contributed by atoms with Crippen LogP contribution in [0.2, 0.25) is 0 Å². The van der Waals surface area contributed by atoms with Crippen molar-refractivity contribution in [1.29, 1.82) is 0 Å². The van der Waals surface area contributed by atoms with Crippen molar-refractivity contribution in [2.75, 3.05) is 13.2 Å². The van der Waals surface area contributed by atoms with E-state index >= 15 is 0 Å². The molecule has 2 aliphatic carbocycles. The number of hydrogen-bond acceptors (Lipinski definition) is 6. The van der Waals surface area contributed by atoms with Crippen molar-refractivity contribution in [3.63, 3.8) is 0 Å². The Hall–Kier alpha value is -2.61. The number of benzene rings is 1. The van der Waals surface area contributed by atoms with Gasteiger partial charge in [-0.15, -0.1) is 0 Å². The molecule has 0 saturated carbocycles. The average Bonchev–Trinajstić information content (AvgIpc) is 2.69. The minimum Gasteiger partial charge on any atom is -0.490 e. The second-order valence-corrected chi connectivity index (χ2v) is 11.9. The van der Waals surface area contributed by atoms with Crippen LogP contribution in [-0.2, 0) is 19.1 Å². The zero-order valence-corrected chi connectivity index (χ0v) is 22.3. The van der Waals surface area contributed by atoms with Crippen molar-refractivity contribution in [2.24, 2.45) is 10.8 Å². The monoisotopic (exact) mass is 546 g/mol. The Morgan fingerprint density at radius 1 is 1.00 bits per heavy atom. The zero-order valence-electron chi connectivity index (χ0n) is 20.7. The Labute approximate surface area is 213 Å². The summed E-state index contributed by atoms with van der Waals surface area (Å²) >= 11 is 3.50. The number of halogens is 1. The molecule has 0 spiro atoms. The van der Waals surface area contributed by atoms with Gasteiger partial charge in [0.25, 0.3) is 0 Å². The number of allylic oxidation sites excluding steroid dienone is 4. The lowest BCUT2D eigenvalue weighted by Gasteiger charge is -2.42. The SMILES string of the molecule is CCOc1cc(C2C3=C(CC(C)(C)CC3=O)OC3=C2C(=O)CC(C)(C)C3)cc(Br)c1OCC(=O)O. The number of Topliss-reactive ketones (excluding diaryl/α,β-unsaturated/α-hetero) is 2. The largest absolute Gasteiger partial charge is 0.490 e. The number of aliphatic carboxylic acids is 1. The number of ether oxygens (including phenoxy) is 3. The summed E-state index contributed by atoms with van der Waals surface area (Å²) in [6.45, 7) is 9.81. The van der Waals surface area contributed by atoms with Crippen LogP contribution >= 0.6 is 15.9 Å². The van der Waals surface area contributed by atoms with E-state index in [1.165, 1.54) is 0 Å². The van der Waals surface area contributed by atoms with Crippen LogP contribution in [-0.4, -0.2) is 35.9 Å². The van der Waals surface area contributed by atoms with Crippen molar-refractivity contribution in [1.82, 2.24) is 0 Å². The number of carboxylic acids is 1. The number of carboxylic acid groups (broad SMARTS) is 1. The summed E-state index contributed by atoms with van der Waals surface area (Å²) in [6.07, 6.45) is 1.95. The van der Waals surface area contributed by atoms with Crippen LogP contribution in [0.1, 0.15) is 71.8 Å². The molecule has 0 atom stereocenters. The van der Waals surface area contributed by atoms with E-state index in [-0.39, 0.29) is 28.1 Å². The molecule has 0 unspecified atom stereocenters. The third-order valence-corrected chi connectivity index (χ3v) is 7.18. The summed E-state index contributed by atoms with van der Waals surface area (Å²) in [7, 11) is 0. The van der Waals surface area contributed by atoms with E-state index in [9.17, 15) is 14.4 Å². The van der Waals surface area contributed by atoms with Crippen LogP contribution in [0, 0.1) is 10.8 Å². The first-order valence-corrected chi connectivity index (χ1v) is 12.6. The molecule has 0 amide bonds. The maximum atomic E-state index is 13.5. The van der Waals surface area contributed by atoms with Gasteiger partial charge >= 0.3 is 5.97 Å². The molecule has 1 heterocycles. The van der Waals surface area contributed by atoms with Gasteiger partial charge in [-0.2, -0.15) is 0 Å². The van der Waals surface area contributed by atoms with Gasteiger partial charge in [0.1, 0.15) is 11.5 Å². The lowest BCUT2D eigenvalue weighted by molar-refractivity contribution is -0.139. The lowest BCUT2D eigenvalue weighted by atomic mass is 9.65. The standard InChI is InChI=1S/C27H31BrO7/c1-6-33-18-8-14(7-15(28)25(18)34-13-21(31)32)22-23-16(29)9-26(2,3)11-19(23)35-20-12-27(4,5)10-17(30)24(20)22/h7-8,22H,6,9-13H2,1-5H3,(H,31,32). The lowest BCUT2D eigenvalue weighted by Crippen LogP contribution is -2.37. The van der Waals surface area contributed by atoms with Gasteiger partial charge in [-0.1, -0.05) is 27.7 Å². The molecule has 1 aromatic carbocycles. The van der Waals surface area contributed by atoms with Crippen LogP contribution in [0.5, 0.6) is 11.5 Å². The fraction of sp³-hybridized carbons (Fsp3) is 0.519. The van der Waals surface area contributed by atoms with Crippen LogP contribution in [0.3, 0.4) is 0 Å². The molecule has 7 nitrogen and oxygen atoms in total. The Morgan fingerprint density at radius 2 is 1.54 bits per heavy atom. The summed E-state index contributed by atoms with van der Waals surface area (Å²) in [4.78, 5) is 38.0. The second kappa shape index (κ2) is 9.12. The topological polar surface area (TPSA) is 99.1 Å². The third kappa shape index (κ3) is 5.03. The summed E-state index contributed by atoms with van der Waals surface area (Å²) in [5.41, 5.74) is 1.29. The maximum absolute atomic E-state index is 13.5. The van der Waals surface area contributed by atoms with Gasteiger partial charge in [-0.05, 0) is 51.4 Å². The smallest absolute Gasteiger partial charge is 0.341 e. The van der Waals surface area contributed by atoms with E-state index in [1.54, 1.807) is 12.1 Å². The normalized spacial score (nSPS) is 21.3. The molecule has 1 aromatic rings. The second-order valence-electron chi connectivity index (χ2n) is 11.0. The minimum absolute atomic E-state index is 0.0225. The summed E-state index contributed by atoms with van der Waals surface area (Å²) in [6, 6.07) is 3.53. The molecular formula is C27H31BrO7. The van der Waals surface area contributed by atoms with E-state index in [4.69, 9.17) is 19.3 Å². The molecule has 0 radical (unpaired) electrons. The van der Waals surface area contributed by atoms with E-state index in [0.717, 1.165) is 0 Å². The molecule has 1 N–H and O–H groups in total. The molecule has 0 bridgehead atoms. The minimum atomic E-state index is -1.11. The van der Waals surface area contributed by atoms with Crippen molar-refractivity contribution in [3.05, 3.63) is 44.8 Å². The fourth-order valence-corrected chi connectivity index (χ4v) is 5.87. The summed E-state index contributed by atoms with van der Waals surface area (Å²) in [5.74, 6) is 0.160. The van der Waals surface area contributed by atoms with Gasteiger partial charge < -0.3 is 19.3 Å². The molecule has 35 heavy (non-hydrogen) atoms. The Morgan fingerprint density at radius 3 is 2.03 bits per heavy atom. The van der Waals surface area contributed by atoms with Crippen molar-refractivity contribution >= 4 is 33.5 Å². The zero-order chi connectivity index (χ0) is 25.7. The van der Waals surface area contributed by atoms with E-state index < -0.39 is 18.5 Å². The van der Waals surface area contributed by atoms with E-state index in [0.29, 0.717) is 70.7 Å². The number of ketones is 2. The first-order valence-electron chi connectivity index (χ1n) is 11.8. The predicted octanol–water partition coefficient (Wildman–Crippen LogP) is 5.71. The molecule has 1 aliphatic heterocycles. The maximum Gasteiger partial charge on any atom is 0.341 e. The van der Waals surface area contributed by atoms with Gasteiger partial charge in [0, 0.05) is 42.7 Å².